The quantitative estimate of drug-likeness (QED) is 0.471. The second-order valence-electron chi connectivity index (χ2n) is 7.78. The number of rotatable bonds is 10. The minimum atomic E-state index is -0.158. The molecule has 0 radical (unpaired) electrons. The number of carbonyl (C=O) groups is 1. The van der Waals surface area contributed by atoms with Crippen LogP contribution in [0.25, 0.3) is 0 Å². The predicted molar refractivity (Wildman–Crippen MR) is 126 cm³/mol. The van der Waals surface area contributed by atoms with Gasteiger partial charge in [0.15, 0.2) is 11.5 Å². The molecule has 4 rings (SSSR count). The second kappa shape index (κ2) is 11.2. The van der Waals surface area contributed by atoms with E-state index >= 15 is 0 Å². The SMILES string of the molecule is COc1cc(CNC(=O)c2ccc(OCc3csc(C)n3)cc2)ccc1OCC1CCCO1. The van der Waals surface area contributed by atoms with Gasteiger partial charge in [0.05, 0.1) is 23.9 Å². The summed E-state index contributed by atoms with van der Waals surface area (Å²) in [6.45, 7) is 4.06. The van der Waals surface area contributed by atoms with E-state index in [9.17, 15) is 4.79 Å². The summed E-state index contributed by atoms with van der Waals surface area (Å²) in [4.78, 5) is 16.9. The standard InChI is InChI=1S/C25H28N2O5S/c1-17-27-20(16-33-17)14-31-21-8-6-19(7-9-21)25(28)26-13-18-5-10-23(24(12-18)29-2)32-15-22-4-3-11-30-22/h5-10,12,16,22H,3-4,11,13-15H2,1-2H3,(H,26,28). The van der Waals surface area contributed by atoms with Crippen molar-refractivity contribution in [2.75, 3.05) is 20.3 Å². The van der Waals surface area contributed by atoms with Crippen LogP contribution in [0.4, 0.5) is 0 Å². The van der Waals surface area contributed by atoms with Crippen LogP contribution in [-0.2, 0) is 17.9 Å². The van der Waals surface area contributed by atoms with Crippen molar-refractivity contribution in [3.05, 3.63) is 69.7 Å². The Kier molecular flexibility index (Phi) is 7.80. The molecule has 1 aromatic heterocycles. The summed E-state index contributed by atoms with van der Waals surface area (Å²) < 4.78 is 22.7. The Balaban J connectivity index is 1.27. The van der Waals surface area contributed by atoms with Crippen molar-refractivity contribution in [3.63, 3.8) is 0 Å². The van der Waals surface area contributed by atoms with Gasteiger partial charge in [-0.25, -0.2) is 4.98 Å². The third-order valence-corrected chi connectivity index (χ3v) is 6.12. The predicted octanol–water partition coefficient (Wildman–Crippen LogP) is 4.53. The average molecular weight is 469 g/mol. The van der Waals surface area contributed by atoms with Gasteiger partial charge in [0, 0.05) is 24.1 Å². The van der Waals surface area contributed by atoms with E-state index in [0.29, 0.717) is 42.6 Å². The Labute approximate surface area is 197 Å². The van der Waals surface area contributed by atoms with Gasteiger partial charge in [-0.2, -0.15) is 0 Å². The molecule has 7 nitrogen and oxygen atoms in total. The first kappa shape index (κ1) is 23.1. The molecule has 1 fully saturated rings. The molecule has 33 heavy (non-hydrogen) atoms. The van der Waals surface area contributed by atoms with Gasteiger partial charge in [0.2, 0.25) is 0 Å². The molecule has 0 spiro atoms. The zero-order chi connectivity index (χ0) is 23.0. The molecule has 3 aromatic rings. The number of amides is 1. The first-order valence-electron chi connectivity index (χ1n) is 10.9. The van der Waals surface area contributed by atoms with Crippen molar-refractivity contribution in [1.82, 2.24) is 10.3 Å². The lowest BCUT2D eigenvalue weighted by molar-refractivity contribution is 0.0669. The zero-order valence-corrected chi connectivity index (χ0v) is 19.7. The Bertz CT molecular complexity index is 1060. The maximum Gasteiger partial charge on any atom is 0.251 e. The molecular weight excluding hydrogens is 440 g/mol. The van der Waals surface area contributed by atoms with Crippen molar-refractivity contribution in [3.8, 4) is 17.2 Å². The zero-order valence-electron chi connectivity index (χ0n) is 18.8. The Hall–Kier alpha value is -3.10. The Morgan fingerprint density at radius 2 is 2.03 bits per heavy atom. The normalized spacial score (nSPS) is 15.3. The van der Waals surface area contributed by atoms with Crippen LogP contribution >= 0.6 is 11.3 Å². The van der Waals surface area contributed by atoms with Crippen molar-refractivity contribution in [2.45, 2.75) is 39.0 Å². The van der Waals surface area contributed by atoms with Crippen LogP contribution in [0, 0.1) is 6.92 Å². The van der Waals surface area contributed by atoms with E-state index in [-0.39, 0.29) is 12.0 Å². The van der Waals surface area contributed by atoms with Crippen LogP contribution in [0.1, 0.15) is 39.5 Å². The number of nitrogens with zero attached hydrogens (tertiary/aromatic N) is 1. The van der Waals surface area contributed by atoms with E-state index < -0.39 is 0 Å². The summed E-state index contributed by atoms with van der Waals surface area (Å²) in [5.74, 6) is 1.85. The van der Waals surface area contributed by atoms with Crippen LogP contribution in [-0.4, -0.2) is 37.3 Å². The van der Waals surface area contributed by atoms with Crippen LogP contribution in [0.2, 0.25) is 0 Å². The second-order valence-corrected chi connectivity index (χ2v) is 8.85. The van der Waals surface area contributed by atoms with Crippen molar-refractivity contribution in [2.24, 2.45) is 0 Å². The number of carbonyl (C=O) groups excluding carboxylic acids is 1. The van der Waals surface area contributed by atoms with E-state index in [1.165, 1.54) is 0 Å². The molecule has 0 bridgehead atoms. The Morgan fingerprint density at radius 1 is 1.18 bits per heavy atom. The molecule has 1 N–H and O–H groups in total. The lowest BCUT2D eigenvalue weighted by atomic mass is 10.1. The molecule has 8 heteroatoms. The summed E-state index contributed by atoms with van der Waals surface area (Å²) in [7, 11) is 1.61. The van der Waals surface area contributed by atoms with E-state index in [0.717, 1.165) is 35.7 Å². The molecule has 1 unspecified atom stereocenters. The number of thiazole rings is 1. The number of aromatic nitrogens is 1. The monoisotopic (exact) mass is 468 g/mol. The fourth-order valence-electron chi connectivity index (χ4n) is 3.52. The van der Waals surface area contributed by atoms with Crippen LogP contribution in [0.5, 0.6) is 17.2 Å². The maximum atomic E-state index is 12.6. The molecule has 2 aromatic carbocycles. The highest BCUT2D eigenvalue weighted by Gasteiger charge is 2.17. The molecule has 1 aliphatic heterocycles. The van der Waals surface area contributed by atoms with Gasteiger partial charge in [0.25, 0.3) is 5.91 Å². The fraction of sp³-hybridized carbons (Fsp3) is 0.360. The Morgan fingerprint density at radius 3 is 2.73 bits per heavy atom. The van der Waals surface area contributed by atoms with Crippen LogP contribution < -0.4 is 19.5 Å². The summed E-state index contributed by atoms with van der Waals surface area (Å²) in [5.41, 5.74) is 2.39. The highest BCUT2D eigenvalue weighted by molar-refractivity contribution is 7.09. The lowest BCUT2D eigenvalue weighted by Gasteiger charge is -2.15. The van der Waals surface area contributed by atoms with E-state index in [1.54, 1.807) is 42.7 Å². The van der Waals surface area contributed by atoms with Gasteiger partial charge in [-0.1, -0.05) is 6.07 Å². The number of methoxy groups -OCH3 is 1. The van der Waals surface area contributed by atoms with Gasteiger partial charge in [-0.3, -0.25) is 4.79 Å². The molecule has 0 saturated carbocycles. The van der Waals surface area contributed by atoms with Gasteiger partial charge < -0.3 is 24.3 Å². The third-order valence-electron chi connectivity index (χ3n) is 5.30. The number of benzene rings is 2. The van der Waals surface area contributed by atoms with Gasteiger partial charge in [-0.15, -0.1) is 11.3 Å². The fourth-order valence-corrected chi connectivity index (χ4v) is 4.12. The number of nitrogens with one attached hydrogen (secondary N) is 1. The topological polar surface area (TPSA) is 78.9 Å². The molecule has 0 aliphatic carbocycles. The number of hydrogen-bond acceptors (Lipinski definition) is 7. The summed E-state index contributed by atoms with van der Waals surface area (Å²) >= 11 is 1.60. The van der Waals surface area contributed by atoms with Crippen molar-refractivity contribution >= 4 is 17.2 Å². The van der Waals surface area contributed by atoms with Gasteiger partial charge >= 0.3 is 0 Å². The summed E-state index contributed by atoms with van der Waals surface area (Å²) in [6, 6.07) is 12.7. The minimum Gasteiger partial charge on any atom is -0.493 e. The maximum absolute atomic E-state index is 12.6. The van der Waals surface area contributed by atoms with Crippen LogP contribution in [0.15, 0.2) is 47.8 Å². The summed E-state index contributed by atoms with van der Waals surface area (Å²) in [5, 5.41) is 5.93. The van der Waals surface area contributed by atoms with Gasteiger partial charge in [-0.05, 0) is 61.7 Å². The smallest absolute Gasteiger partial charge is 0.251 e. The minimum absolute atomic E-state index is 0.141. The van der Waals surface area contributed by atoms with E-state index in [2.05, 4.69) is 10.3 Å². The van der Waals surface area contributed by atoms with Crippen molar-refractivity contribution < 1.29 is 23.7 Å². The highest BCUT2D eigenvalue weighted by Crippen LogP contribution is 2.29. The number of aryl methyl sites for hydroxylation is 1. The highest BCUT2D eigenvalue weighted by atomic mass is 32.1. The average Bonchev–Trinajstić information content (AvgIpc) is 3.52. The van der Waals surface area contributed by atoms with Crippen LogP contribution in [0.3, 0.4) is 0 Å². The van der Waals surface area contributed by atoms with Crippen molar-refractivity contribution in [1.29, 1.82) is 0 Å². The molecule has 1 atom stereocenters. The lowest BCUT2D eigenvalue weighted by Crippen LogP contribution is -2.22. The number of ether oxygens (including phenoxy) is 4. The molecule has 2 heterocycles. The summed E-state index contributed by atoms with van der Waals surface area (Å²) in [6.07, 6.45) is 2.23. The molecule has 174 valence electrons. The number of hydrogen-bond donors (Lipinski definition) is 1. The van der Waals surface area contributed by atoms with E-state index in [1.807, 2.05) is 30.5 Å². The van der Waals surface area contributed by atoms with Gasteiger partial charge in [0.1, 0.15) is 19.0 Å². The molecule has 1 amide bonds. The molecule has 1 saturated heterocycles. The van der Waals surface area contributed by atoms with E-state index in [4.69, 9.17) is 18.9 Å². The third kappa shape index (κ3) is 6.46. The first-order chi connectivity index (χ1) is 16.1. The first-order valence-corrected chi connectivity index (χ1v) is 11.8. The molecule has 1 aliphatic rings. The largest absolute Gasteiger partial charge is 0.493 e. The molecular formula is C25H28N2O5S.